The standard InChI is InChI=1S/C13H30N4O.HI/c1-6-12(3)17(4)10-8-15-13(14-7-2)16-9-11-18-5;/h12H,6-11H2,1-5H3,(H2,14,15,16);1H. The molecule has 0 fully saturated rings. The molecule has 0 spiro atoms. The van der Waals surface area contributed by atoms with Crippen molar-refractivity contribution in [2.45, 2.75) is 33.2 Å². The molecule has 0 heterocycles. The van der Waals surface area contributed by atoms with E-state index in [1.165, 1.54) is 6.42 Å². The topological polar surface area (TPSA) is 48.9 Å². The van der Waals surface area contributed by atoms with E-state index in [1.54, 1.807) is 7.11 Å². The molecular weight excluding hydrogens is 355 g/mol. The number of methoxy groups -OCH3 is 1. The van der Waals surface area contributed by atoms with Gasteiger partial charge in [0.2, 0.25) is 0 Å². The third kappa shape index (κ3) is 11.4. The lowest BCUT2D eigenvalue weighted by Gasteiger charge is -2.22. The largest absolute Gasteiger partial charge is 0.383 e. The molecule has 0 aromatic heterocycles. The van der Waals surface area contributed by atoms with Gasteiger partial charge in [-0.15, -0.1) is 24.0 Å². The van der Waals surface area contributed by atoms with Gasteiger partial charge in [0.05, 0.1) is 13.2 Å². The maximum absolute atomic E-state index is 5.01. The molecule has 0 bridgehead atoms. The van der Waals surface area contributed by atoms with Crippen LogP contribution in [0.1, 0.15) is 27.2 Å². The van der Waals surface area contributed by atoms with Crippen LogP contribution in [0.25, 0.3) is 0 Å². The molecule has 2 N–H and O–H groups in total. The highest BCUT2D eigenvalue weighted by Gasteiger charge is 2.05. The number of nitrogens with one attached hydrogen (secondary N) is 2. The lowest BCUT2D eigenvalue weighted by atomic mass is 10.2. The van der Waals surface area contributed by atoms with Crippen LogP contribution in [0, 0.1) is 0 Å². The number of likely N-dealkylation sites (N-methyl/N-ethyl adjacent to an activating group) is 1. The van der Waals surface area contributed by atoms with E-state index >= 15 is 0 Å². The van der Waals surface area contributed by atoms with Crippen molar-refractivity contribution in [1.82, 2.24) is 15.5 Å². The molecule has 0 aliphatic heterocycles. The molecule has 0 aromatic rings. The lowest BCUT2D eigenvalue weighted by molar-refractivity contribution is 0.203. The first-order valence-electron chi connectivity index (χ1n) is 6.87. The van der Waals surface area contributed by atoms with Gasteiger partial charge < -0.3 is 20.3 Å². The summed E-state index contributed by atoms with van der Waals surface area (Å²) >= 11 is 0. The number of halogens is 1. The lowest BCUT2D eigenvalue weighted by Crippen LogP contribution is -2.39. The molecule has 0 radical (unpaired) electrons. The Morgan fingerprint density at radius 2 is 2.00 bits per heavy atom. The fraction of sp³-hybridized carbons (Fsp3) is 0.923. The number of nitrogens with zero attached hydrogens (tertiary/aromatic N) is 2. The minimum absolute atomic E-state index is 0. The van der Waals surface area contributed by atoms with Crippen molar-refractivity contribution < 1.29 is 4.74 Å². The third-order valence-corrected chi connectivity index (χ3v) is 3.01. The number of rotatable bonds is 9. The van der Waals surface area contributed by atoms with Crippen LogP contribution in [0.15, 0.2) is 4.99 Å². The molecule has 0 amide bonds. The number of ether oxygens (including phenoxy) is 1. The summed E-state index contributed by atoms with van der Waals surface area (Å²) in [6.45, 7) is 10.7. The van der Waals surface area contributed by atoms with Crippen LogP contribution in [0.2, 0.25) is 0 Å². The van der Waals surface area contributed by atoms with E-state index in [0.717, 1.165) is 32.1 Å². The Bertz CT molecular complexity index is 227. The van der Waals surface area contributed by atoms with E-state index in [2.05, 4.69) is 48.3 Å². The first-order valence-corrected chi connectivity index (χ1v) is 6.87. The van der Waals surface area contributed by atoms with Gasteiger partial charge in [0.15, 0.2) is 5.96 Å². The Morgan fingerprint density at radius 3 is 2.53 bits per heavy atom. The molecule has 0 aromatic carbocycles. The predicted molar refractivity (Wildman–Crippen MR) is 93.7 cm³/mol. The fourth-order valence-electron chi connectivity index (χ4n) is 1.46. The zero-order valence-electron chi connectivity index (χ0n) is 13.0. The summed E-state index contributed by atoms with van der Waals surface area (Å²) in [7, 11) is 3.85. The summed E-state index contributed by atoms with van der Waals surface area (Å²) in [6, 6.07) is 0.615. The van der Waals surface area contributed by atoms with Gasteiger partial charge in [-0.3, -0.25) is 4.99 Å². The van der Waals surface area contributed by atoms with E-state index in [4.69, 9.17) is 4.74 Å². The Balaban J connectivity index is 0. The average molecular weight is 386 g/mol. The van der Waals surface area contributed by atoms with E-state index < -0.39 is 0 Å². The van der Waals surface area contributed by atoms with Gasteiger partial charge in [-0.25, -0.2) is 0 Å². The van der Waals surface area contributed by atoms with E-state index in [1.807, 2.05) is 0 Å². The molecule has 116 valence electrons. The molecular formula is C13H31IN4O. The maximum atomic E-state index is 5.01. The Morgan fingerprint density at radius 1 is 1.32 bits per heavy atom. The molecule has 5 nitrogen and oxygen atoms in total. The van der Waals surface area contributed by atoms with Crippen LogP contribution in [0.3, 0.4) is 0 Å². The van der Waals surface area contributed by atoms with Gasteiger partial charge in [-0.05, 0) is 27.3 Å². The molecule has 19 heavy (non-hydrogen) atoms. The minimum Gasteiger partial charge on any atom is -0.383 e. The van der Waals surface area contributed by atoms with Crippen molar-refractivity contribution in [2.24, 2.45) is 4.99 Å². The van der Waals surface area contributed by atoms with Crippen LogP contribution in [-0.4, -0.2) is 63.8 Å². The monoisotopic (exact) mass is 386 g/mol. The number of aliphatic imine (C=N–C) groups is 1. The second-order valence-electron chi connectivity index (χ2n) is 4.42. The highest BCUT2D eigenvalue weighted by Crippen LogP contribution is 1.98. The van der Waals surface area contributed by atoms with Crippen LogP contribution in [0.5, 0.6) is 0 Å². The smallest absolute Gasteiger partial charge is 0.191 e. The highest BCUT2D eigenvalue weighted by atomic mass is 127. The highest BCUT2D eigenvalue weighted by molar-refractivity contribution is 14.0. The Labute approximate surface area is 135 Å². The summed E-state index contributed by atoms with van der Waals surface area (Å²) in [4.78, 5) is 6.87. The zero-order chi connectivity index (χ0) is 13.8. The zero-order valence-corrected chi connectivity index (χ0v) is 15.4. The summed E-state index contributed by atoms with van der Waals surface area (Å²) in [5.74, 6) is 0.868. The molecule has 6 heteroatoms. The van der Waals surface area contributed by atoms with Crippen LogP contribution >= 0.6 is 24.0 Å². The molecule has 0 saturated heterocycles. The number of guanidine groups is 1. The normalized spacial score (nSPS) is 13.1. The molecule has 0 rings (SSSR count). The van der Waals surface area contributed by atoms with Crippen molar-refractivity contribution in [3.05, 3.63) is 0 Å². The van der Waals surface area contributed by atoms with Crippen LogP contribution in [-0.2, 0) is 4.74 Å². The summed E-state index contributed by atoms with van der Waals surface area (Å²) in [6.07, 6.45) is 1.17. The Kier molecular flexibility index (Phi) is 16.0. The first-order chi connectivity index (χ1) is 8.65. The quantitative estimate of drug-likeness (QED) is 0.273. The summed E-state index contributed by atoms with van der Waals surface area (Å²) in [5, 5.41) is 6.46. The van der Waals surface area contributed by atoms with Crippen molar-refractivity contribution in [1.29, 1.82) is 0 Å². The molecule has 0 saturated carbocycles. The van der Waals surface area contributed by atoms with Crippen molar-refractivity contribution in [2.75, 3.05) is 46.9 Å². The maximum Gasteiger partial charge on any atom is 0.191 e. The second-order valence-corrected chi connectivity index (χ2v) is 4.42. The van der Waals surface area contributed by atoms with Gasteiger partial charge in [0.25, 0.3) is 0 Å². The minimum atomic E-state index is 0. The van der Waals surface area contributed by atoms with Gasteiger partial charge in [0.1, 0.15) is 0 Å². The Hall–Kier alpha value is -0.0800. The molecule has 1 atom stereocenters. The van der Waals surface area contributed by atoms with Gasteiger partial charge in [-0.1, -0.05) is 6.92 Å². The molecule has 1 unspecified atom stereocenters. The predicted octanol–water partition coefficient (Wildman–Crippen LogP) is 1.54. The molecule has 0 aliphatic rings. The van der Waals surface area contributed by atoms with E-state index in [-0.39, 0.29) is 24.0 Å². The van der Waals surface area contributed by atoms with E-state index in [0.29, 0.717) is 12.6 Å². The van der Waals surface area contributed by atoms with Crippen LogP contribution in [0.4, 0.5) is 0 Å². The third-order valence-electron chi connectivity index (χ3n) is 3.01. The fourth-order valence-corrected chi connectivity index (χ4v) is 1.46. The summed E-state index contributed by atoms with van der Waals surface area (Å²) in [5.41, 5.74) is 0. The second kappa shape index (κ2) is 14.3. The number of hydrogen-bond donors (Lipinski definition) is 2. The molecule has 0 aliphatic carbocycles. The van der Waals surface area contributed by atoms with E-state index in [9.17, 15) is 0 Å². The van der Waals surface area contributed by atoms with Gasteiger partial charge >= 0.3 is 0 Å². The van der Waals surface area contributed by atoms with Gasteiger partial charge in [0, 0.05) is 32.8 Å². The van der Waals surface area contributed by atoms with Crippen molar-refractivity contribution in [3.63, 3.8) is 0 Å². The van der Waals surface area contributed by atoms with Gasteiger partial charge in [-0.2, -0.15) is 0 Å². The average Bonchev–Trinajstić information content (AvgIpc) is 2.37. The van der Waals surface area contributed by atoms with Crippen molar-refractivity contribution in [3.8, 4) is 0 Å². The first kappa shape index (κ1) is 21.2. The summed E-state index contributed by atoms with van der Waals surface area (Å²) < 4.78 is 5.01. The number of hydrogen-bond acceptors (Lipinski definition) is 3. The van der Waals surface area contributed by atoms with Crippen LogP contribution < -0.4 is 10.6 Å². The van der Waals surface area contributed by atoms with Crippen molar-refractivity contribution >= 4 is 29.9 Å². The SMILES string of the molecule is CCNC(=NCCN(C)C(C)CC)NCCOC.I.